The maximum atomic E-state index is 14.4. The average Bonchev–Trinajstić information content (AvgIpc) is 3.45. The number of benzene rings is 2. The third-order valence-corrected chi connectivity index (χ3v) is 6.42. The van der Waals surface area contributed by atoms with E-state index >= 15 is 0 Å². The van der Waals surface area contributed by atoms with Gasteiger partial charge < -0.3 is 19.5 Å². The maximum Gasteiger partial charge on any atom is 0.318 e. The fourth-order valence-electron chi connectivity index (χ4n) is 4.78. The third kappa shape index (κ3) is 4.72. The summed E-state index contributed by atoms with van der Waals surface area (Å²) in [5, 5.41) is 7.66. The molecule has 0 saturated heterocycles. The Labute approximate surface area is 214 Å². The predicted molar refractivity (Wildman–Crippen MR) is 136 cm³/mol. The van der Waals surface area contributed by atoms with Gasteiger partial charge in [-0.05, 0) is 55.8 Å². The first kappa shape index (κ1) is 24.3. The molecule has 190 valence electrons. The van der Waals surface area contributed by atoms with Crippen molar-refractivity contribution < 1.29 is 18.7 Å². The Bertz CT molecular complexity index is 1430. The molecule has 0 saturated carbocycles. The summed E-state index contributed by atoms with van der Waals surface area (Å²) in [6.07, 6.45) is 1.99. The molecule has 0 bridgehead atoms. The molecule has 4 aromatic rings. The molecule has 8 nitrogen and oxygen atoms in total. The fourth-order valence-corrected chi connectivity index (χ4v) is 4.78. The Balaban J connectivity index is 1.61. The van der Waals surface area contributed by atoms with Gasteiger partial charge in [-0.1, -0.05) is 30.3 Å². The van der Waals surface area contributed by atoms with Gasteiger partial charge in [0.25, 0.3) is 0 Å². The van der Waals surface area contributed by atoms with Crippen LogP contribution in [0.3, 0.4) is 0 Å². The number of ether oxygens (including phenoxy) is 1. The van der Waals surface area contributed by atoms with Crippen LogP contribution in [0.5, 0.6) is 0 Å². The number of esters is 1. The molecule has 0 radical (unpaired) electrons. The zero-order valence-electron chi connectivity index (χ0n) is 20.7. The van der Waals surface area contributed by atoms with E-state index in [0.29, 0.717) is 5.56 Å². The largest absolute Gasteiger partial charge is 0.466 e. The molecule has 2 aromatic carbocycles. The topological polar surface area (TPSA) is 81.4 Å². The second-order valence-electron chi connectivity index (χ2n) is 8.81. The molecule has 3 heterocycles. The number of hydrogen-bond donors (Lipinski definition) is 1. The zero-order valence-corrected chi connectivity index (χ0v) is 20.7. The lowest BCUT2D eigenvalue weighted by Gasteiger charge is -2.31. The van der Waals surface area contributed by atoms with Crippen molar-refractivity contribution in [1.82, 2.24) is 24.6 Å². The van der Waals surface area contributed by atoms with Crippen LogP contribution in [0.4, 0.5) is 9.18 Å². The maximum absolute atomic E-state index is 14.4. The molecule has 0 unspecified atom stereocenters. The molecule has 9 heteroatoms. The van der Waals surface area contributed by atoms with Crippen LogP contribution in [0, 0.1) is 12.7 Å². The van der Waals surface area contributed by atoms with Crippen LogP contribution >= 0.6 is 0 Å². The summed E-state index contributed by atoms with van der Waals surface area (Å²) >= 11 is 0. The predicted octanol–water partition coefficient (Wildman–Crippen LogP) is 4.68. The number of hydrogen-bond acceptors (Lipinski definition) is 4. The van der Waals surface area contributed by atoms with Crippen LogP contribution in [-0.2, 0) is 16.1 Å². The van der Waals surface area contributed by atoms with Gasteiger partial charge in [-0.3, -0.25) is 4.79 Å². The molecule has 0 aliphatic carbocycles. The summed E-state index contributed by atoms with van der Waals surface area (Å²) < 4.78 is 23.2. The van der Waals surface area contributed by atoms with Crippen LogP contribution in [0.2, 0.25) is 0 Å². The first-order valence-corrected chi connectivity index (χ1v) is 12.2. The number of carbonyl (C=O) groups excluding carboxylic acids is 2. The van der Waals surface area contributed by atoms with Gasteiger partial charge in [0.15, 0.2) is 0 Å². The monoisotopic (exact) mass is 501 g/mol. The van der Waals surface area contributed by atoms with Crippen molar-refractivity contribution in [2.24, 2.45) is 0 Å². The number of carbonyl (C=O) groups is 2. The molecule has 0 spiro atoms. The van der Waals surface area contributed by atoms with Gasteiger partial charge >= 0.3 is 12.0 Å². The van der Waals surface area contributed by atoms with E-state index < -0.39 is 6.04 Å². The fraction of sp³-hybridized carbons (Fsp3) is 0.250. The summed E-state index contributed by atoms with van der Waals surface area (Å²) in [5.41, 5.74) is 3.98. The smallest absolute Gasteiger partial charge is 0.318 e. The molecule has 37 heavy (non-hydrogen) atoms. The number of aryl methyl sites for hydroxylation is 1. The molecule has 1 aliphatic heterocycles. The second kappa shape index (κ2) is 10.3. The molecule has 2 aromatic heterocycles. The van der Waals surface area contributed by atoms with Crippen molar-refractivity contribution in [3.05, 3.63) is 101 Å². The lowest BCUT2D eigenvalue weighted by atomic mass is 10.0. The lowest BCUT2D eigenvalue weighted by Crippen LogP contribution is -2.42. The highest BCUT2D eigenvalue weighted by Gasteiger charge is 2.36. The number of halogens is 1. The normalized spacial score (nSPS) is 14.5. The van der Waals surface area contributed by atoms with Crippen LogP contribution in [0.25, 0.3) is 11.5 Å². The first-order valence-electron chi connectivity index (χ1n) is 12.2. The van der Waals surface area contributed by atoms with Crippen molar-refractivity contribution in [2.45, 2.75) is 32.9 Å². The van der Waals surface area contributed by atoms with Crippen LogP contribution in [-0.4, -0.2) is 44.4 Å². The number of rotatable bonds is 6. The summed E-state index contributed by atoms with van der Waals surface area (Å²) in [5.74, 6) is 0.0649. The van der Waals surface area contributed by atoms with Crippen LogP contribution in [0.1, 0.15) is 41.9 Å². The number of nitrogens with zero attached hydrogens (tertiary/aromatic N) is 4. The van der Waals surface area contributed by atoms with E-state index in [1.165, 1.54) is 12.1 Å². The number of para-hydroxylation sites is 1. The van der Waals surface area contributed by atoms with Crippen molar-refractivity contribution >= 4 is 12.0 Å². The Morgan fingerprint density at radius 2 is 1.92 bits per heavy atom. The number of amides is 2. The summed E-state index contributed by atoms with van der Waals surface area (Å²) in [7, 11) is 0. The van der Waals surface area contributed by atoms with Gasteiger partial charge in [0.1, 0.15) is 11.6 Å². The molecular formula is C28H28FN5O3. The van der Waals surface area contributed by atoms with Gasteiger partial charge in [-0.15, -0.1) is 0 Å². The van der Waals surface area contributed by atoms with Crippen molar-refractivity contribution in [1.29, 1.82) is 0 Å². The minimum absolute atomic E-state index is 0.0602. The number of fused-ring (bicyclic) bond motifs is 3. The Morgan fingerprint density at radius 3 is 2.68 bits per heavy atom. The van der Waals surface area contributed by atoms with E-state index in [1.54, 1.807) is 17.9 Å². The first-order chi connectivity index (χ1) is 18.0. The average molecular weight is 502 g/mol. The minimum atomic E-state index is -0.579. The van der Waals surface area contributed by atoms with Gasteiger partial charge in [0.2, 0.25) is 0 Å². The second-order valence-corrected chi connectivity index (χ2v) is 8.81. The van der Waals surface area contributed by atoms with E-state index in [-0.39, 0.29) is 43.9 Å². The van der Waals surface area contributed by atoms with Crippen molar-refractivity contribution in [2.75, 3.05) is 13.2 Å². The summed E-state index contributed by atoms with van der Waals surface area (Å²) in [6.45, 7) is 4.30. The molecule has 0 fully saturated rings. The zero-order chi connectivity index (χ0) is 25.9. The van der Waals surface area contributed by atoms with E-state index in [0.717, 1.165) is 28.5 Å². The molecule has 1 aliphatic rings. The Kier molecular flexibility index (Phi) is 6.76. The SMILES string of the molecule is CCOC(=O)CCNC(=O)N1Cc2c(C)nn(-c3ccccc3)c2-n2cccc2[C@@H]1c1cccc(F)c1. The van der Waals surface area contributed by atoms with Crippen molar-refractivity contribution in [3.63, 3.8) is 0 Å². The highest BCUT2D eigenvalue weighted by Crippen LogP contribution is 2.38. The number of nitrogens with one attached hydrogen (secondary N) is 1. The van der Waals surface area contributed by atoms with Crippen LogP contribution < -0.4 is 5.32 Å². The van der Waals surface area contributed by atoms with Gasteiger partial charge in [-0.25, -0.2) is 13.9 Å². The van der Waals surface area contributed by atoms with E-state index in [2.05, 4.69) is 5.32 Å². The summed E-state index contributed by atoms with van der Waals surface area (Å²) in [4.78, 5) is 27.1. The van der Waals surface area contributed by atoms with Gasteiger partial charge in [-0.2, -0.15) is 5.10 Å². The lowest BCUT2D eigenvalue weighted by molar-refractivity contribution is -0.142. The van der Waals surface area contributed by atoms with Crippen LogP contribution in [0.15, 0.2) is 72.9 Å². The molecule has 1 atom stereocenters. The third-order valence-electron chi connectivity index (χ3n) is 6.42. The number of aromatic nitrogens is 3. The Morgan fingerprint density at radius 1 is 1.11 bits per heavy atom. The molecular weight excluding hydrogens is 473 g/mol. The van der Waals surface area contributed by atoms with Gasteiger partial charge in [0, 0.05) is 18.3 Å². The minimum Gasteiger partial charge on any atom is -0.466 e. The highest BCUT2D eigenvalue weighted by atomic mass is 19.1. The molecule has 5 rings (SSSR count). The number of urea groups is 1. The van der Waals surface area contributed by atoms with E-state index in [1.807, 2.05) is 70.9 Å². The van der Waals surface area contributed by atoms with Gasteiger partial charge in [0.05, 0.1) is 42.7 Å². The Hall–Kier alpha value is -4.40. The standard InChI is InChI=1S/C28H28FN5O3/c1-3-37-25(35)14-15-30-28(36)33-18-23-19(2)31-34(22-11-5-4-6-12-22)27(23)32-16-8-13-24(32)26(33)20-9-7-10-21(29)17-20/h4-13,16-17,26H,3,14-15,18H2,1-2H3,(H,30,36)/t26-/m0/s1. The van der Waals surface area contributed by atoms with E-state index in [9.17, 15) is 14.0 Å². The molecule has 2 amide bonds. The molecule has 1 N–H and O–H groups in total. The summed E-state index contributed by atoms with van der Waals surface area (Å²) in [6, 6.07) is 19.0. The highest BCUT2D eigenvalue weighted by molar-refractivity contribution is 5.77. The van der Waals surface area contributed by atoms with E-state index in [4.69, 9.17) is 9.84 Å². The van der Waals surface area contributed by atoms with Crippen molar-refractivity contribution in [3.8, 4) is 11.5 Å². The quantitative estimate of drug-likeness (QED) is 0.389.